The van der Waals surface area contributed by atoms with Crippen molar-refractivity contribution in [3.8, 4) is 11.4 Å². The predicted molar refractivity (Wildman–Crippen MR) is 60.2 cm³/mol. The van der Waals surface area contributed by atoms with E-state index in [1.54, 1.807) is 17.8 Å². The number of nitrogens with zero attached hydrogens (tertiary/aromatic N) is 3. The van der Waals surface area contributed by atoms with E-state index in [-0.39, 0.29) is 5.82 Å². The monoisotopic (exact) mass is 220 g/mol. The number of hydrogen-bond donors (Lipinski definition) is 1. The topological polar surface area (TPSA) is 56.7 Å². The summed E-state index contributed by atoms with van der Waals surface area (Å²) >= 11 is 0. The van der Waals surface area contributed by atoms with Crippen LogP contribution in [0.5, 0.6) is 0 Å². The lowest BCUT2D eigenvalue weighted by Crippen LogP contribution is -1.98. The molecule has 4 nitrogen and oxygen atoms in total. The average Bonchev–Trinajstić information content (AvgIpc) is 2.60. The molecule has 0 aliphatic rings. The number of aryl methyl sites for hydroxylation is 2. The molecule has 2 rings (SSSR count). The van der Waals surface area contributed by atoms with Crippen molar-refractivity contribution in [2.24, 2.45) is 7.05 Å². The fourth-order valence-electron chi connectivity index (χ4n) is 1.56. The molecule has 0 fully saturated rings. The van der Waals surface area contributed by atoms with Crippen molar-refractivity contribution in [2.75, 3.05) is 5.73 Å². The fraction of sp³-hybridized carbons (Fsp3) is 0.273. The zero-order chi connectivity index (χ0) is 11.7. The minimum atomic E-state index is -0.348. The van der Waals surface area contributed by atoms with Gasteiger partial charge in [-0.25, -0.2) is 14.1 Å². The number of nitrogen functional groups attached to an aromatic ring is 1. The second kappa shape index (κ2) is 3.92. The van der Waals surface area contributed by atoms with Crippen LogP contribution in [0.4, 0.5) is 10.1 Å². The lowest BCUT2D eigenvalue weighted by atomic mass is 10.1. The predicted octanol–water partition coefficient (Wildman–Crippen LogP) is 1.77. The third-order valence-electron chi connectivity index (χ3n) is 2.38. The summed E-state index contributed by atoms with van der Waals surface area (Å²) in [6, 6.07) is 4.27. The maximum absolute atomic E-state index is 12.9. The molecular weight excluding hydrogens is 207 g/mol. The second-order valence-corrected chi connectivity index (χ2v) is 3.56. The zero-order valence-corrected chi connectivity index (χ0v) is 9.24. The van der Waals surface area contributed by atoms with E-state index in [1.165, 1.54) is 12.1 Å². The Balaban J connectivity index is 2.53. The molecule has 1 aromatic carbocycles. The Morgan fingerprint density at radius 2 is 2.19 bits per heavy atom. The molecule has 0 saturated carbocycles. The van der Waals surface area contributed by atoms with Crippen LogP contribution in [0, 0.1) is 5.82 Å². The van der Waals surface area contributed by atoms with E-state index in [2.05, 4.69) is 10.1 Å². The van der Waals surface area contributed by atoms with E-state index in [4.69, 9.17) is 5.73 Å². The Bertz CT molecular complexity index is 519. The summed E-state index contributed by atoms with van der Waals surface area (Å²) in [7, 11) is 1.80. The minimum Gasteiger partial charge on any atom is -0.398 e. The van der Waals surface area contributed by atoms with Gasteiger partial charge in [0.25, 0.3) is 0 Å². The van der Waals surface area contributed by atoms with Crippen LogP contribution < -0.4 is 5.73 Å². The number of halogens is 1. The number of anilines is 1. The molecule has 2 aromatic rings. The van der Waals surface area contributed by atoms with Gasteiger partial charge < -0.3 is 5.73 Å². The average molecular weight is 220 g/mol. The Hall–Kier alpha value is -1.91. The van der Waals surface area contributed by atoms with Gasteiger partial charge in [0.1, 0.15) is 5.82 Å². The van der Waals surface area contributed by atoms with Gasteiger partial charge in [-0.1, -0.05) is 6.92 Å². The lowest BCUT2D eigenvalue weighted by Gasteiger charge is -2.03. The summed E-state index contributed by atoms with van der Waals surface area (Å²) in [5.41, 5.74) is 6.83. The van der Waals surface area contributed by atoms with Gasteiger partial charge in [-0.3, -0.25) is 0 Å². The third-order valence-corrected chi connectivity index (χ3v) is 2.38. The lowest BCUT2D eigenvalue weighted by molar-refractivity contribution is 0.628. The van der Waals surface area contributed by atoms with Crippen LogP contribution >= 0.6 is 0 Å². The molecule has 0 bridgehead atoms. The molecule has 0 aliphatic carbocycles. The third kappa shape index (κ3) is 1.76. The molecule has 5 heteroatoms. The van der Waals surface area contributed by atoms with Gasteiger partial charge in [-0.2, -0.15) is 5.10 Å². The Kier molecular flexibility index (Phi) is 2.60. The van der Waals surface area contributed by atoms with Crippen LogP contribution in [0.3, 0.4) is 0 Å². The smallest absolute Gasteiger partial charge is 0.160 e. The number of rotatable bonds is 2. The van der Waals surface area contributed by atoms with E-state index >= 15 is 0 Å². The van der Waals surface area contributed by atoms with E-state index in [0.717, 1.165) is 12.2 Å². The van der Waals surface area contributed by atoms with Gasteiger partial charge in [0, 0.05) is 24.7 Å². The maximum atomic E-state index is 12.9. The van der Waals surface area contributed by atoms with Gasteiger partial charge in [-0.15, -0.1) is 0 Å². The number of nitrogens with two attached hydrogens (primary N) is 1. The van der Waals surface area contributed by atoms with Crippen molar-refractivity contribution in [2.45, 2.75) is 13.3 Å². The molecule has 0 amide bonds. The van der Waals surface area contributed by atoms with Crippen molar-refractivity contribution in [3.63, 3.8) is 0 Å². The number of aromatic nitrogens is 3. The highest BCUT2D eigenvalue weighted by molar-refractivity contribution is 5.71. The highest BCUT2D eigenvalue weighted by Gasteiger charge is 2.11. The second-order valence-electron chi connectivity index (χ2n) is 3.56. The number of hydrogen-bond acceptors (Lipinski definition) is 3. The Morgan fingerprint density at radius 1 is 1.44 bits per heavy atom. The van der Waals surface area contributed by atoms with Crippen molar-refractivity contribution in [3.05, 3.63) is 29.8 Å². The molecule has 0 atom stereocenters. The first kappa shape index (κ1) is 10.6. The summed E-state index contributed by atoms with van der Waals surface area (Å²) in [6.45, 7) is 1.98. The van der Waals surface area contributed by atoms with E-state index in [1.807, 2.05) is 6.92 Å². The first-order valence-corrected chi connectivity index (χ1v) is 5.07. The fourth-order valence-corrected chi connectivity index (χ4v) is 1.56. The first-order valence-electron chi connectivity index (χ1n) is 5.07. The molecule has 16 heavy (non-hydrogen) atoms. The van der Waals surface area contributed by atoms with Gasteiger partial charge in [0.05, 0.1) is 0 Å². The normalized spacial score (nSPS) is 10.7. The molecular formula is C11H13FN4. The Morgan fingerprint density at radius 3 is 2.75 bits per heavy atom. The van der Waals surface area contributed by atoms with Crippen LogP contribution in [0.2, 0.25) is 0 Å². The number of benzene rings is 1. The van der Waals surface area contributed by atoms with Crippen LogP contribution in [0.1, 0.15) is 12.7 Å². The van der Waals surface area contributed by atoms with Gasteiger partial charge >= 0.3 is 0 Å². The van der Waals surface area contributed by atoms with Crippen LogP contribution in [0.25, 0.3) is 11.4 Å². The largest absolute Gasteiger partial charge is 0.398 e. The van der Waals surface area contributed by atoms with Crippen LogP contribution in [-0.2, 0) is 13.5 Å². The summed E-state index contributed by atoms with van der Waals surface area (Å²) in [5.74, 6) is 1.06. The molecule has 0 aliphatic heterocycles. The molecule has 0 unspecified atom stereocenters. The first-order chi connectivity index (χ1) is 7.61. The molecule has 1 aromatic heterocycles. The van der Waals surface area contributed by atoms with Gasteiger partial charge in [0.2, 0.25) is 0 Å². The highest BCUT2D eigenvalue weighted by atomic mass is 19.1. The van der Waals surface area contributed by atoms with Crippen molar-refractivity contribution in [1.29, 1.82) is 0 Å². The molecule has 0 radical (unpaired) electrons. The molecule has 84 valence electrons. The van der Waals surface area contributed by atoms with Gasteiger partial charge in [-0.05, 0) is 18.2 Å². The van der Waals surface area contributed by atoms with E-state index < -0.39 is 0 Å². The summed E-state index contributed by atoms with van der Waals surface area (Å²) in [5, 5.41) is 4.23. The maximum Gasteiger partial charge on any atom is 0.160 e. The van der Waals surface area contributed by atoms with Crippen molar-refractivity contribution in [1.82, 2.24) is 14.8 Å². The standard InChI is InChI=1S/C11H13FN4/c1-3-10-14-11(16(2)15-10)8-5-4-7(12)6-9(8)13/h4-6H,3,13H2,1-2H3. The molecule has 1 heterocycles. The van der Waals surface area contributed by atoms with Gasteiger partial charge in [0.15, 0.2) is 11.6 Å². The van der Waals surface area contributed by atoms with Crippen molar-refractivity contribution < 1.29 is 4.39 Å². The zero-order valence-electron chi connectivity index (χ0n) is 9.24. The van der Waals surface area contributed by atoms with E-state index in [0.29, 0.717) is 17.1 Å². The van der Waals surface area contributed by atoms with Crippen LogP contribution in [-0.4, -0.2) is 14.8 Å². The van der Waals surface area contributed by atoms with Crippen LogP contribution in [0.15, 0.2) is 18.2 Å². The van der Waals surface area contributed by atoms with Crippen molar-refractivity contribution >= 4 is 5.69 Å². The van der Waals surface area contributed by atoms with E-state index in [9.17, 15) is 4.39 Å². The summed E-state index contributed by atoms with van der Waals surface area (Å²) < 4.78 is 14.6. The molecule has 0 saturated heterocycles. The molecule has 0 spiro atoms. The highest BCUT2D eigenvalue weighted by Crippen LogP contribution is 2.24. The summed E-state index contributed by atoms with van der Waals surface area (Å²) in [4.78, 5) is 4.34. The minimum absolute atomic E-state index is 0.348. The SMILES string of the molecule is CCc1nc(-c2ccc(F)cc2N)n(C)n1. The summed E-state index contributed by atoms with van der Waals surface area (Å²) in [6.07, 6.45) is 0.759. The Labute approximate surface area is 92.9 Å². The quantitative estimate of drug-likeness (QED) is 0.785. The molecule has 2 N–H and O–H groups in total.